The summed E-state index contributed by atoms with van der Waals surface area (Å²) in [5.74, 6) is 0.840. The first kappa shape index (κ1) is 16.3. The van der Waals surface area contributed by atoms with Crippen molar-refractivity contribution in [1.82, 2.24) is 25.9 Å². The molecule has 2 N–H and O–H groups in total. The monoisotopic (exact) mass is 301 g/mol. The van der Waals surface area contributed by atoms with Gasteiger partial charge in [-0.2, -0.15) is 5.21 Å². The highest BCUT2D eigenvalue weighted by atomic mass is 16.1. The Kier molecular flexibility index (Phi) is 5.38. The molecular formula is C16H23N5O. The molecule has 2 aromatic rings. The number of carbonyl (C=O) groups is 1. The summed E-state index contributed by atoms with van der Waals surface area (Å²) < 4.78 is 0. The third kappa shape index (κ3) is 4.21. The quantitative estimate of drug-likeness (QED) is 0.817. The second kappa shape index (κ2) is 7.26. The van der Waals surface area contributed by atoms with Crippen LogP contribution in [0.4, 0.5) is 0 Å². The Bertz CT molecular complexity index is 590. The van der Waals surface area contributed by atoms with Crippen molar-refractivity contribution in [3.8, 4) is 11.4 Å². The minimum Gasteiger partial charge on any atom is -0.305 e. The number of nitrogens with zero attached hydrogens (tertiary/aromatic N) is 3. The first-order valence-electron chi connectivity index (χ1n) is 7.60. The number of H-pyrrole nitrogens is 1. The largest absolute Gasteiger partial charge is 0.305 e. The van der Waals surface area contributed by atoms with E-state index in [1.54, 1.807) is 0 Å². The fraction of sp³-hybridized carbons (Fsp3) is 0.500. The number of aromatic amines is 1. The zero-order chi connectivity index (χ0) is 16.1. The van der Waals surface area contributed by atoms with Crippen molar-refractivity contribution in [1.29, 1.82) is 0 Å². The summed E-state index contributed by atoms with van der Waals surface area (Å²) in [4.78, 5) is 12.3. The molecule has 118 valence electrons. The van der Waals surface area contributed by atoms with Crippen molar-refractivity contribution in [2.75, 3.05) is 0 Å². The number of benzene rings is 1. The number of Topliss-reactive ketones (excluding diaryl/α,β-unsaturated/α-hetero) is 1. The van der Waals surface area contributed by atoms with Crippen LogP contribution in [0.2, 0.25) is 0 Å². The molecule has 0 bridgehead atoms. The van der Waals surface area contributed by atoms with Crippen LogP contribution < -0.4 is 5.32 Å². The van der Waals surface area contributed by atoms with E-state index in [2.05, 4.69) is 39.8 Å². The zero-order valence-corrected chi connectivity index (χ0v) is 13.5. The van der Waals surface area contributed by atoms with Crippen LogP contribution in [0.3, 0.4) is 0 Å². The molecule has 0 radical (unpaired) electrons. The standard InChI is InChI=1S/C16H23N5O/c1-10(2)15(22)14(17-11(3)4)9-12-5-7-13(8-6-12)16-18-20-21-19-16/h5-8,10-11,14,17H,9H2,1-4H3,(H,18,19,20,21)/t14-/m0/s1. The molecule has 0 aliphatic rings. The van der Waals surface area contributed by atoms with Crippen molar-refractivity contribution in [3.63, 3.8) is 0 Å². The highest BCUT2D eigenvalue weighted by Gasteiger charge is 2.22. The number of hydrogen-bond donors (Lipinski definition) is 2. The lowest BCUT2D eigenvalue weighted by Crippen LogP contribution is -2.44. The van der Waals surface area contributed by atoms with E-state index in [-0.39, 0.29) is 23.8 Å². The van der Waals surface area contributed by atoms with Gasteiger partial charge in [0.2, 0.25) is 5.82 Å². The summed E-state index contributed by atoms with van der Waals surface area (Å²) in [5, 5.41) is 17.3. The summed E-state index contributed by atoms with van der Waals surface area (Å²) in [7, 11) is 0. The smallest absolute Gasteiger partial charge is 0.204 e. The van der Waals surface area contributed by atoms with Crippen LogP contribution in [-0.4, -0.2) is 38.5 Å². The number of tetrazole rings is 1. The van der Waals surface area contributed by atoms with Gasteiger partial charge in [0.15, 0.2) is 5.78 Å². The van der Waals surface area contributed by atoms with Crippen molar-refractivity contribution in [2.24, 2.45) is 5.92 Å². The molecule has 6 heteroatoms. The van der Waals surface area contributed by atoms with E-state index in [0.29, 0.717) is 12.2 Å². The van der Waals surface area contributed by atoms with Crippen LogP contribution in [0.5, 0.6) is 0 Å². The lowest BCUT2D eigenvalue weighted by Gasteiger charge is -2.22. The van der Waals surface area contributed by atoms with Gasteiger partial charge in [-0.3, -0.25) is 4.79 Å². The first-order chi connectivity index (χ1) is 10.5. The van der Waals surface area contributed by atoms with Gasteiger partial charge in [-0.25, -0.2) is 0 Å². The highest BCUT2D eigenvalue weighted by Crippen LogP contribution is 2.16. The molecule has 22 heavy (non-hydrogen) atoms. The number of aromatic nitrogens is 4. The fourth-order valence-electron chi connectivity index (χ4n) is 2.36. The van der Waals surface area contributed by atoms with Crippen molar-refractivity contribution in [3.05, 3.63) is 29.8 Å². The predicted molar refractivity (Wildman–Crippen MR) is 85.2 cm³/mol. The summed E-state index contributed by atoms with van der Waals surface area (Å²) in [5.41, 5.74) is 2.01. The predicted octanol–water partition coefficient (Wildman–Crippen LogP) is 2.00. The molecule has 0 saturated heterocycles. The Morgan fingerprint density at radius 2 is 1.86 bits per heavy atom. The van der Waals surface area contributed by atoms with Gasteiger partial charge in [-0.1, -0.05) is 52.0 Å². The van der Waals surface area contributed by atoms with Gasteiger partial charge in [-0.15, -0.1) is 10.2 Å². The molecule has 1 atom stereocenters. The second-order valence-corrected chi connectivity index (χ2v) is 6.07. The number of carbonyl (C=O) groups excluding carboxylic acids is 1. The van der Waals surface area contributed by atoms with Crippen molar-refractivity contribution < 1.29 is 4.79 Å². The Hall–Kier alpha value is -2.08. The molecule has 0 amide bonds. The van der Waals surface area contributed by atoms with E-state index in [4.69, 9.17) is 0 Å². The SMILES string of the molecule is CC(C)N[C@@H](Cc1ccc(-c2nn[nH]n2)cc1)C(=O)C(C)C. The van der Waals surface area contributed by atoms with Crippen LogP contribution in [0, 0.1) is 5.92 Å². The van der Waals surface area contributed by atoms with Crippen molar-refractivity contribution >= 4 is 5.78 Å². The molecule has 0 aliphatic carbocycles. The maximum Gasteiger partial charge on any atom is 0.204 e. The molecule has 0 spiro atoms. The van der Waals surface area contributed by atoms with Crippen LogP contribution in [0.25, 0.3) is 11.4 Å². The zero-order valence-electron chi connectivity index (χ0n) is 13.5. The Morgan fingerprint density at radius 1 is 1.18 bits per heavy atom. The lowest BCUT2D eigenvalue weighted by atomic mass is 9.94. The van der Waals surface area contributed by atoms with Crippen molar-refractivity contribution in [2.45, 2.75) is 46.2 Å². The van der Waals surface area contributed by atoms with Gasteiger partial charge in [0, 0.05) is 17.5 Å². The number of hydrogen-bond acceptors (Lipinski definition) is 5. The first-order valence-corrected chi connectivity index (χ1v) is 7.60. The molecule has 1 heterocycles. The van der Waals surface area contributed by atoms with E-state index < -0.39 is 0 Å². The average Bonchev–Trinajstić information content (AvgIpc) is 3.00. The summed E-state index contributed by atoms with van der Waals surface area (Å²) in [6.45, 7) is 7.99. The minimum atomic E-state index is -0.156. The van der Waals surface area contributed by atoms with Gasteiger partial charge in [-0.05, 0) is 17.2 Å². The van der Waals surface area contributed by atoms with Gasteiger partial charge in [0.25, 0.3) is 0 Å². The molecular weight excluding hydrogens is 278 g/mol. The van der Waals surface area contributed by atoms with Crippen LogP contribution in [-0.2, 0) is 11.2 Å². The van der Waals surface area contributed by atoms with E-state index in [1.807, 2.05) is 38.1 Å². The summed E-state index contributed by atoms with van der Waals surface area (Å²) in [6.07, 6.45) is 0.682. The van der Waals surface area contributed by atoms with Crippen LogP contribution in [0.1, 0.15) is 33.3 Å². The van der Waals surface area contributed by atoms with Crippen LogP contribution >= 0.6 is 0 Å². The number of rotatable bonds is 7. The lowest BCUT2D eigenvalue weighted by molar-refractivity contribution is -0.124. The molecule has 2 rings (SSSR count). The van der Waals surface area contributed by atoms with Gasteiger partial charge >= 0.3 is 0 Å². The van der Waals surface area contributed by atoms with E-state index >= 15 is 0 Å². The molecule has 1 aromatic carbocycles. The van der Waals surface area contributed by atoms with E-state index in [0.717, 1.165) is 11.1 Å². The second-order valence-electron chi connectivity index (χ2n) is 6.07. The Balaban J connectivity index is 2.11. The minimum absolute atomic E-state index is 0.0230. The Morgan fingerprint density at radius 3 is 2.36 bits per heavy atom. The summed E-state index contributed by atoms with van der Waals surface area (Å²) in [6, 6.07) is 8.03. The molecule has 0 unspecified atom stereocenters. The maximum atomic E-state index is 12.3. The van der Waals surface area contributed by atoms with Gasteiger partial charge in [0.1, 0.15) is 0 Å². The third-order valence-electron chi connectivity index (χ3n) is 3.44. The maximum absolute atomic E-state index is 12.3. The summed E-state index contributed by atoms with van der Waals surface area (Å²) >= 11 is 0. The Labute approximate surface area is 130 Å². The van der Waals surface area contributed by atoms with Gasteiger partial charge in [0.05, 0.1) is 6.04 Å². The molecule has 0 aliphatic heterocycles. The molecule has 0 saturated carbocycles. The van der Waals surface area contributed by atoms with Gasteiger partial charge < -0.3 is 5.32 Å². The third-order valence-corrected chi connectivity index (χ3v) is 3.44. The molecule has 1 aromatic heterocycles. The van der Waals surface area contributed by atoms with Crippen LogP contribution in [0.15, 0.2) is 24.3 Å². The van der Waals surface area contributed by atoms with E-state index in [9.17, 15) is 4.79 Å². The molecule has 0 fully saturated rings. The molecule has 6 nitrogen and oxygen atoms in total. The number of nitrogens with one attached hydrogen (secondary N) is 2. The topological polar surface area (TPSA) is 83.6 Å². The average molecular weight is 301 g/mol. The highest BCUT2D eigenvalue weighted by molar-refractivity contribution is 5.86. The normalized spacial score (nSPS) is 12.8. The number of ketones is 1. The fourth-order valence-corrected chi connectivity index (χ4v) is 2.36. The van der Waals surface area contributed by atoms with E-state index in [1.165, 1.54) is 0 Å².